The van der Waals surface area contributed by atoms with Gasteiger partial charge in [0.25, 0.3) is 0 Å². The third-order valence-electron chi connectivity index (χ3n) is 3.82. The first-order valence-corrected chi connectivity index (χ1v) is 9.08. The van der Waals surface area contributed by atoms with Crippen molar-refractivity contribution in [2.75, 3.05) is 18.2 Å². The SMILES string of the molecule is COc1ccc(-c2nnc(SCC(=O)Nc3cccc(C)c3)n2C)cc1. The Morgan fingerprint density at radius 1 is 1.19 bits per heavy atom. The molecule has 1 N–H and O–H groups in total. The summed E-state index contributed by atoms with van der Waals surface area (Å²) < 4.78 is 7.05. The predicted octanol–water partition coefficient (Wildman–Crippen LogP) is 3.53. The van der Waals surface area contributed by atoms with Gasteiger partial charge >= 0.3 is 0 Å². The molecule has 7 heteroatoms. The molecular weight excluding hydrogens is 348 g/mol. The molecule has 0 atom stereocenters. The van der Waals surface area contributed by atoms with Crippen LogP contribution < -0.4 is 10.1 Å². The van der Waals surface area contributed by atoms with Crippen LogP contribution in [0.2, 0.25) is 0 Å². The molecule has 2 aromatic carbocycles. The Labute approximate surface area is 156 Å². The predicted molar refractivity (Wildman–Crippen MR) is 104 cm³/mol. The maximum Gasteiger partial charge on any atom is 0.234 e. The van der Waals surface area contributed by atoms with E-state index in [-0.39, 0.29) is 11.7 Å². The van der Waals surface area contributed by atoms with Crippen LogP contribution in [0.25, 0.3) is 11.4 Å². The lowest BCUT2D eigenvalue weighted by atomic mass is 10.2. The summed E-state index contributed by atoms with van der Waals surface area (Å²) in [5.74, 6) is 1.73. The molecule has 0 aliphatic heterocycles. The minimum atomic E-state index is -0.0744. The van der Waals surface area contributed by atoms with Gasteiger partial charge in [-0.1, -0.05) is 23.9 Å². The van der Waals surface area contributed by atoms with E-state index in [2.05, 4.69) is 15.5 Å². The number of benzene rings is 2. The lowest BCUT2D eigenvalue weighted by molar-refractivity contribution is -0.113. The minimum Gasteiger partial charge on any atom is -0.497 e. The van der Waals surface area contributed by atoms with Crippen LogP contribution in [0, 0.1) is 6.92 Å². The van der Waals surface area contributed by atoms with Gasteiger partial charge in [-0.05, 0) is 48.9 Å². The highest BCUT2D eigenvalue weighted by Gasteiger charge is 2.13. The fourth-order valence-electron chi connectivity index (χ4n) is 2.48. The molecule has 1 amide bonds. The smallest absolute Gasteiger partial charge is 0.234 e. The number of hydrogen-bond acceptors (Lipinski definition) is 5. The normalized spacial score (nSPS) is 10.6. The Morgan fingerprint density at radius 3 is 2.65 bits per heavy atom. The van der Waals surface area contributed by atoms with Crippen LogP contribution in [0.1, 0.15) is 5.56 Å². The molecule has 0 fully saturated rings. The summed E-state index contributed by atoms with van der Waals surface area (Å²) in [4.78, 5) is 12.2. The number of nitrogens with one attached hydrogen (secondary N) is 1. The number of anilines is 1. The van der Waals surface area contributed by atoms with E-state index >= 15 is 0 Å². The van der Waals surface area contributed by atoms with E-state index in [4.69, 9.17) is 4.74 Å². The van der Waals surface area contributed by atoms with E-state index < -0.39 is 0 Å². The molecule has 0 saturated heterocycles. The van der Waals surface area contributed by atoms with E-state index in [1.165, 1.54) is 11.8 Å². The molecule has 0 aliphatic carbocycles. The molecule has 3 aromatic rings. The highest BCUT2D eigenvalue weighted by atomic mass is 32.2. The Kier molecular flexibility index (Phi) is 5.58. The highest BCUT2D eigenvalue weighted by Crippen LogP contribution is 2.24. The van der Waals surface area contributed by atoms with Crippen LogP contribution in [0.5, 0.6) is 5.75 Å². The first kappa shape index (κ1) is 18.0. The number of rotatable bonds is 6. The summed E-state index contributed by atoms with van der Waals surface area (Å²) in [6.45, 7) is 1.99. The van der Waals surface area contributed by atoms with E-state index in [0.29, 0.717) is 5.16 Å². The van der Waals surface area contributed by atoms with Crippen molar-refractivity contribution in [3.8, 4) is 17.1 Å². The van der Waals surface area contributed by atoms with Crippen molar-refractivity contribution in [3.63, 3.8) is 0 Å². The third kappa shape index (κ3) is 4.23. The summed E-state index contributed by atoms with van der Waals surface area (Å²) in [7, 11) is 3.52. The summed E-state index contributed by atoms with van der Waals surface area (Å²) >= 11 is 1.35. The topological polar surface area (TPSA) is 69.0 Å². The molecule has 134 valence electrons. The molecule has 0 bridgehead atoms. The van der Waals surface area contributed by atoms with Gasteiger partial charge < -0.3 is 14.6 Å². The van der Waals surface area contributed by atoms with Gasteiger partial charge in [-0.25, -0.2) is 0 Å². The van der Waals surface area contributed by atoms with Gasteiger partial charge in [0.1, 0.15) is 5.75 Å². The summed E-state index contributed by atoms with van der Waals surface area (Å²) in [6, 6.07) is 15.3. The van der Waals surface area contributed by atoms with E-state index in [9.17, 15) is 4.79 Å². The highest BCUT2D eigenvalue weighted by molar-refractivity contribution is 7.99. The van der Waals surface area contributed by atoms with E-state index in [1.54, 1.807) is 7.11 Å². The fraction of sp³-hybridized carbons (Fsp3) is 0.211. The maximum atomic E-state index is 12.2. The Morgan fingerprint density at radius 2 is 1.96 bits per heavy atom. The third-order valence-corrected chi connectivity index (χ3v) is 4.84. The van der Waals surface area contributed by atoms with Gasteiger partial charge in [0.15, 0.2) is 11.0 Å². The van der Waals surface area contributed by atoms with E-state index in [1.807, 2.05) is 67.1 Å². The standard InChI is InChI=1S/C19H20N4O2S/c1-13-5-4-6-15(11-13)20-17(24)12-26-19-22-21-18(23(19)2)14-7-9-16(25-3)10-8-14/h4-11H,12H2,1-3H3,(H,20,24). The number of thioether (sulfide) groups is 1. The number of nitrogens with zero attached hydrogens (tertiary/aromatic N) is 3. The number of carbonyl (C=O) groups excluding carboxylic acids is 1. The molecule has 1 aromatic heterocycles. The van der Waals surface area contributed by atoms with Crippen LogP contribution in [0.4, 0.5) is 5.69 Å². The number of aromatic nitrogens is 3. The minimum absolute atomic E-state index is 0.0744. The molecule has 0 spiro atoms. The van der Waals surface area contributed by atoms with Crippen LogP contribution in [0.3, 0.4) is 0 Å². The summed E-state index contributed by atoms with van der Waals surface area (Å²) in [5, 5.41) is 12.0. The van der Waals surface area contributed by atoms with Gasteiger partial charge in [-0.15, -0.1) is 10.2 Å². The van der Waals surface area contributed by atoms with Crippen LogP contribution in [0.15, 0.2) is 53.7 Å². The van der Waals surface area contributed by atoms with Crippen molar-refractivity contribution in [1.82, 2.24) is 14.8 Å². The molecule has 1 heterocycles. The molecule has 0 saturated carbocycles. The zero-order chi connectivity index (χ0) is 18.5. The average molecular weight is 368 g/mol. The fourth-order valence-corrected chi connectivity index (χ4v) is 3.19. The second-order valence-electron chi connectivity index (χ2n) is 5.80. The Hall–Kier alpha value is -2.80. The monoisotopic (exact) mass is 368 g/mol. The van der Waals surface area contributed by atoms with Gasteiger partial charge in [0, 0.05) is 18.3 Å². The van der Waals surface area contributed by atoms with Gasteiger partial charge in [-0.3, -0.25) is 4.79 Å². The van der Waals surface area contributed by atoms with Gasteiger partial charge in [0.05, 0.1) is 12.9 Å². The average Bonchev–Trinajstić information content (AvgIpc) is 3.01. The zero-order valence-electron chi connectivity index (χ0n) is 14.9. The number of amides is 1. The van der Waals surface area contributed by atoms with Crippen molar-refractivity contribution in [2.24, 2.45) is 7.05 Å². The molecular formula is C19H20N4O2S. The van der Waals surface area contributed by atoms with Crippen molar-refractivity contribution in [2.45, 2.75) is 12.1 Å². The largest absolute Gasteiger partial charge is 0.497 e. The van der Waals surface area contributed by atoms with Crippen molar-refractivity contribution < 1.29 is 9.53 Å². The first-order chi connectivity index (χ1) is 12.6. The molecule has 3 rings (SSSR count). The van der Waals surface area contributed by atoms with Crippen LogP contribution in [-0.4, -0.2) is 33.5 Å². The molecule has 0 radical (unpaired) electrons. The molecule has 0 unspecified atom stereocenters. The number of aryl methyl sites for hydroxylation is 1. The zero-order valence-corrected chi connectivity index (χ0v) is 15.7. The Balaban J connectivity index is 1.63. The lowest BCUT2D eigenvalue weighted by Crippen LogP contribution is -2.14. The second-order valence-corrected chi connectivity index (χ2v) is 6.74. The summed E-state index contributed by atoms with van der Waals surface area (Å²) in [6.07, 6.45) is 0. The van der Waals surface area contributed by atoms with E-state index in [0.717, 1.165) is 28.4 Å². The maximum absolute atomic E-state index is 12.2. The Bertz CT molecular complexity index is 906. The summed E-state index contributed by atoms with van der Waals surface area (Å²) in [5.41, 5.74) is 2.84. The number of carbonyl (C=O) groups is 1. The number of hydrogen-bond donors (Lipinski definition) is 1. The lowest BCUT2D eigenvalue weighted by Gasteiger charge is -2.06. The molecule has 6 nitrogen and oxygen atoms in total. The van der Waals surface area contributed by atoms with Crippen molar-refractivity contribution in [3.05, 3.63) is 54.1 Å². The van der Waals surface area contributed by atoms with Crippen molar-refractivity contribution >= 4 is 23.4 Å². The molecule has 0 aliphatic rings. The van der Waals surface area contributed by atoms with Crippen LogP contribution >= 0.6 is 11.8 Å². The van der Waals surface area contributed by atoms with Gasteiger partial charge in [0.2, 0.25) is 5.91 Å². The second kappa shape index (κ2) is 8.05. The number of methoxy groups -OCH3 is 1. The number of ether oxygens (including phenoxy) is 1. The van der Waals surface area contributed by atoms with Crippen LogP contribution in [-0.2, 0) is 11.8 Å². The molecule has 26 heavy (non-hydrogen) atoms. The van der Waals surface area contributed by atoms with Gasteiger partial charge in [-0.2, -0.15) is 0 Å². The quantitative estimate of drug-likeness (QED) is 0.674. The van der Waals surface area contributed by atoms with Crippen molar-refractivity contribution in [1.29, 1.82) is 0 Å². The first-order valence-electron chi connectivity index (χ1n) is 8.10.